The summed E-state index contributed by atoms with van der Waals surface area (Å²) in [5.74, 6) is 0.294. The van der Waals surface area contributed by atoms with Gasteiger partial charge in [-0.05, 0) is 44.5 Å². The number of pyridine rings is 1. The smallest absolute Gasteiger partial charge is 0.238 e. The molecule has 0 bridgehead atoms. The number of nitrogens with one attached hydrogen (secondary N) is 1. The Labute approximate surface area is 161 Å². The van der Waals surface area contributed by atoms with Gasteiger partial charge in [-0.2, -0.15) is 0 Å². The molecular weight excluding hydrogens is 370 g/mol. The van der Waals surface area contributed by atoms with Crippen LogP contribution in [-0.2, 0) is 4.79 Å². The van der Waals surface area contributed by atoms with Crippen LogP contribution in [0, 0.1) is 13.8 Å². The van der Waals surface area contributed by atoms with Crippen molar-refractivity contribution in [3.8, 4) is 5.69 Å². The molecule has 1 amide bonds. The second-order valence-electron chi connectivity index (χ2n) is 5.88. The van der Waals surface area contributed by atoms with Gasteiger partial charge in [0.2, 0.25) is 5.91 Å². The molecule has 26 heavy (non-hydrogen) atoms. The van der Waals surface area contributed by atoms with Gasteiger partial charge in [0, 0.05) is 6.20 Å². The topological polar surface area (TPSA) is 72.7 Å². The average Bonchev–Trinajstić information content (AvgIpc) is 3.04. The highest BCUT2D eigenvalue weighted by atomic mass is 35.5. The minimum absolute atomic E-state index is 0.167. The SMILES string of the molecule is Cc1ccc(-n2cnnc2SC(C)C(=O)Nc2ccc(Cl)cn2)c(C)c1. The van der Waals surface area contributed by atoms with Gasteiger partial charge in [0.1, 0.15) is 12.1 Å². The predicted molar refractivity (Wildman–Crippen MR) is 104 cm³/mol. The van der Waals surface area contributed by atoms with Gasteiger partial charge in [-0.15, -0.1) is 10.2 Å². The molecule has 0 fully saturated rings. The van der Waals surface area contributed by atoms with Crippen LogP contribution < -0.4 is 5.32 Å². The first-order chi connectivity index (χ1) is 12.4. The van der Waals surface area contributed by atoms with Crippen LogP contribution in [0.25, 0.3) is 5.69 Å². The van der Waals surface area contributed by atoms with Crippen LogP contribution in [0.2, 0.25) is 5.02 Å². The molecule has 0 aliphatic rings. The fourth-order valence-electron chi connectivity index (χ4n) is 2.43. The summed E-state index contributed by atoms with van der Waals surface area (Å²) in [6, 6.07) is 9.51. The number of rotatable bonds is 5. The first-order valence-corrected chi connectivity index (χ1v) is 9.26. The van der Waals surface area contributed by atoms with E-state index in [0.29, 0.717) is 16.0 Å². The van der Waals surface area contributed by atoms with Crippen molar-refractivity contribution in [2.24, 2.45) is 0 Å². The van der Waals surface area contributed by atoms with Crippen molar-refractivity contribution in [3.63, 3.8) is 0 Å². The molecule has 0 aliphatic heterocycles. The molecule has 8 heteroatoms. The lowest BCUT2D eigenvalue weighted by Crippen LogP contribution is -2.23. The molecule has 6 nitrogen and oxygen atoms in total. The minimum atomic E-state index is -0.374. The third-order valence-corrected chi connectivity index (χ3v) is 5.04. The lowest BCUT2D eigenvalue weighted by molar-refractivity contribution is -0.115. The second kappa shape index (κ2) is 7.88. The van der Waals surface area contributed by atoms with E-state index < -0.39 is 0 Å². The molecule has 134 valence electrons. The molecule has 0 aliphatic carbocycles. The maximum atomic E-state index is 12.4. The van der Waals surface area contributed by atoms with Crippen LogP contribution in [0.1, 0.15) is 18.1 Å². The number of amides is 1. The Bertz CT molecular complexity index is 926. The van der Waals surface area contributed by atoms with Crippen LogP contribution in [0.3, 0.4) is 0 Å². The van der Waals surface area contributed by atoms with Gasteiger partial charge in [0.25, 0.3) is 0 Å². The number of hydrogen-bond acceptors (Lipinski definition) is 5. The second-order valence-corrected chi connectivity index (χ2v) is 7.63. The molecule has 1 unspecified atom stereocenters. The van der Waals surface area contributed by atoms with E-state index in [-0.39, 0.29) is 11.2 Å². The molecule has 1 aromatic carbocycles. The third-order valence-electron chi connectivity index (χ3n) is 3.76. The molecule has 1 atom stereocenters. The number of halogens is 1. The molecule has 1 N–H and O–H groups in total. The highest BCUT2D eigenvalue weighted by Crippen LogP contribution is 2.26. The highest BCUT2D eigenvalue weighted by molar-refractivity contribution is 8.00. The fourth-order valence-corrected chi connectivity index (χ4v) is 3.38. The normalized spacial score (nSPS) is 12.0. The number of hydrogen-bond donors (Lipinski definition) is 1. The largest absolute Gasteiger partial charge is 0.310 e. The summed E-state index contributed by atoms with van der Waals surface area (Å²) in [5.41, 5.74) is 3.31. The van der Waals surface area contributed by atoms with E-state index in [1.165, 1.54) is 23.5 Å². The zero-order valence-electron chi connectivity index (χ0n) is 14.6. The van der Waals surface area contributed by atoms with Crippen molar-refractivity contribution < 1.29 is 4.79 Å². The Morgan fingerprint density at radius 2 is 2.08 bits per heavy atom. The van der Waals surface area contributed by atoms with Gasteiger partial charge < -0.3 is 5.32 Å². The molecule has 2 heterocycles. The molecule has 0 spiro atoms. The summed E-state index contributed by atoms with van der Waals surface area (Å²) >= 11 is 7.14. The van der Waals surface area contributed by atoms with Crippen LogP contribution in [0.4, 0.5) is 5.82 Å². The number of carbonyl (C=O) groups is 1. The van der Waals surface area contributed by atoms with Crippen molar-refractivity contribution >= 4 is 35.1 Å². The van der Waals surface area contributed by atoms with Gasteiger partial charge in [-0.3, -0.25) is 9.36 Å². The highest BCUT2D eigenvalue weighted by Gasteiger charge is 2.19. The summed E-state index contributed by atoms with van der Waals surface area (Å²) in [4.78, 5) is 16.5. The van der Waals surface area contributed by atoms with E-state index in [0.717, 1.165) is 11.3 Å². The van der Waals surface area contributed by atoms with Crippen LogP contribution >= 0.6 is 23.4 Å². The lowest BCUT2D eigenvalue weighted by Gasteiger charge is -2.13. The number of aryl methyl sites for hydroxylation is 2. The summed E-state index contributed by atoms with van der Waals surface area (Å²) in [5, 5.41) is 11.7. The Morgan fingerprint density at radius 1 is 1.27 bits per heavy atom. The average molecular weight is 388 g/mol. The maximum Gasteiger partial charge on any atom is 0.238 e. The molecule has 3 rings (SSSR count). The quantitative estimate of drug-likeness (QED) is 0.668. The summed E-state index contributed by atoms with van der Waals surface area (Å²) < 4.78 is 1.89. The van der Waals surface area contributed by atoms with Gasteiger partial charge >= 0.3 is 0 Å². The first kappa shape index (κ1) is 18.4. The molecule has 3 aromatic rings. The molecule has 0 saturated carbocycles. The van der Waals surface area contributed by atoms with Crippen molar-refractivity contribution in [1.29, 1.82) is 0 Å². The van der Waals surface area contributed by atoms with E-state index in [2.05, 4.69) is 33.5 Å². The number of aromatic nitrogens is 4. The van der Waals surface area contributed by atoms with Crippen LogP contribution in [0.15, 0.2) is 48.0 Å². The zero-order valence-corrected chi connectivity index (χ0v) is 16.2. The predicted octanol–water partition coefficient (Wildman–Crippen LogP) is 4.05. The van der Waals surface area contributed by atoms with Crippen molar-refractivity contribution in [3.05, 3.63) is 59.0 Å². The maximum absolute atomic E-state index is 12.4. The fraction of sp³-hybridized carbons (Fsp3) is 0.222. The zero-order chi connectivity index (χ0) is 18.7. The lowest BCUT2D eigenvalue weighted by atomic mass is 10.1. The third kappa shape index (κ3) is 4.23. The van der Waals surface area contributed by atoms with Crippen molar-refractivity contribution in [2.75, 3.05) is 5.32 Å². The first-order valence-electron chi connectivity index (χ1n) is 8.01. The number of nitrogens with zero attached hydrogens (tertiary/aromatic N) is 4. The van der Waals surface area contributed by atoms with Gasteiger partial charge in [0.05, 0.1) is 16.0 Å². The van der Waals surface area contributed by atoms with Crippen LogP contribution in [0.5, 0.6) is 0 Å². The van der Waals surface area contributed by atoms with Gasteiger partial charge in [-0.25, -0.2) is 4.98 Å². The van der Waals surface area contributed by atoms with Gasteiger partial charge in [-0.1, -0.05) is 41.1 Å². The van der Waals surface area contributed by atoms with E-state index in [9.17, 15) is 4.79 Å². The number of carbonyl (C=O) groups excluding carboxylic acids is 1. The monoisotopic (exact) mass is 387 g/mol. The number of thioether (sulfide) groups is 1. The molecular formula is C18H18ClN5OS. The Morgan fingerprint density at radius 3 is 2.77 bits per heavy atom. The van der Waals surface area contributed by atoms with E-state index >= 15 is 0 Å². The van der Waals surface area contributed by atoms with E-state index in [1.54, 1.807) is 18.5 Å². The summed E-state index contributed by atoms with van der Waals surface area (Å²) in [6.45, 7) is 5.91. The minimum Gasteiger partial charge on any atom is -0.310 e. The standard InChI is InChI=1S/C18H18ClN5OS/c1-11-4-6-15(12(2)8-11)24-10-21-23-18(24)26-13(3)17(25)22-16-7-5-14(19)9-20-16/h4-10,13H,1-3H3,(H,20,22,25). The van der Waals surface area contributed by atoms with Crippen molar-refractivity contribution in [2.45, 2.75) is 31.2 Å². The van der Waals surface area contributed by atoms with Gasteiger partial charge in [0.15, 0.2) is 5.16 Å². The summed E-state index contributed by atoms with van der Waals surface area (Å²) in [7, 11) is 0. The summed E-state index contributed by atoms with van der Waals surface area (Å²) in [6.07, 6.45) is 3.15. The molecule has 2 aromatic heterocycles. The Hall–Kier alpha value is -2.38. The van der Waals surface area contributed by atoms with E-state index in [1.807, 2.05) is 30.5 Å². The van der Waals surface area contributed by atoms with Crippen LogP contribution in [-0.4, -0.2) is 30.9 Å². The molecule has 0 radical (unpaired) electrons. The molecule has 0 saturated heterocycles. The Kier molecular flexibility index (Phi) is 5.58. The number of anilines is 1. The van der Waals surface area contributed by atoms with Crippen molar-refractivity contribution in [1.82, 2.24) is 19.7 Å². The Balaban J connectivity index is 1.74. The van der Waals surface area contributed by atoms with E-state index in [4.69, 9.17) is 11.6 Å². The number of benzene rings is 1.